The fourth-order valence-corrected chi connectivity index (χ4v) is 3.20. The second kappa shape index (κ2) is 6.61. The van der Waals surface area contributed by atoms with E-state index in [1.807, 2.05) is 11.8 Å². The Kier molecular flexibility index (Phi) is 5.13. The smallest absolute Gasteiger partial charge is 0.156 e. The van der Waals surface area contributed by atoms with Crippen molar-refractivity contribution in [3.63, 3.8) is 0 Å². The van der Waals surface area contributed by atoms with E-state index in [1.54, 1.807) is 0 Å². The highest BCUT2D eigenvalue weighted by molar-refractivity contribution is 8.14. The van der Waals surface area contributed by atoms with Crippen molar-refractivity contribution in [2.45, 2.75) is 19.9 Å². The lowest BCUT2D eigenvalue weighted by Crippen LogP contribution is -2.38. The molecule has 2 heterocycles. The Bertz CT molecular complexity index is 264. The number of rotatable bonds is 4. The number of nitrogens with one attached hydrogen (secondary N) is 1. The van der Waals surface area contributed by atoms with Crippen LogP contribution in [0.4, 0.5) is 0 Å². The van der Waals surface area contributed by atoms with Gasteiger partial charge in [0.1, 0.15) is 0 Å². The molecule has 0 amide bonds. The number of morpholine rings is 1. The fraction of sp³-hybridized carbons (Fsp3) is 0.917. The molecule has 1 N–H and O–H groups in total. The predicted molar refractivity (Wildman–Crippen MR) is 73.8 cm³/mol. The quantitative estimate of drug-likeness (QED) is 0.816. The summed E-state index contributed by atoms with van der Waals surface area (Å²) in [6.45, 7) is 10.3. The second-order valence-corrected chi connectivity index (χ2v) is 5.96. The van der Waals surface area contributed by atoms with Gasteiger partial charge in [-0.15, -0.1) is 0 Å². The lowest BCUT2D eigenvalue weighted by Gasteiger charge is -2.25. The van der Waals surface area contributed by atoms with Crippen molar-refractivity contribution in [2.24, 2.45) is 10.9 Å². The van der Waals surface area contributed by atoms with Gasteiger partial charge >= 0.3 is 0 Å². The molecule has 0 radical (unpaired) electrons. The van der Waals surface area contributed by atoms with Gasteiger partial charge in [-0.2, -0.15) is 0 Å². The van der Waals surface area contributed by atoms with Crippen LogP contribution in [0.5, 0.6) is 0 Å². The van der Waals surface area contributed by atoms with Gasteiger partial charge in [-0.3, -0.25) is 9.89 Å². The van der Waals surface area contributed by atoms with E-state index in [9.17, 15) is 0 Å². The minimum atomic E-state index is 0.599. The van der Waals surface area contributed by atoms with E-state index in [0.717, 1.165) is 50.3 Å². The van der Waals surface area contributed by atoms with Crippen LogP contribution in [-0.4, -0.2) is 61.3 Å². The van der Waals surface area contributed by atoms with Crippen LogP contribution in [0.1, 0.15) is 13.8 Å². The molecule has 17 heavy (non-hydrogen) atoms. The average molecular weight is 257 g/mol. The zero-order valence-corrected chi connectivity index (χ0v) is 11.6. The normalized spacial score (nSPS) is 28.9. The molecule has 2 aliphatic rings. The number of thioether (sulfide) groups is 1. The Labute approximate surface area is 108 Å². The zero-order valence-electron chi connectivity index (χ0n) is 10.8. The molecule has 0 spiro atoms. The van der Waals surface area contributed by atoms with Crippen molar-refractivity contribution < 1.29 is 4.74 Å². The lowest BCUT2D eigenvalue weighted by atomic mass is 10.1. The molecule has 2 rings (SSSR count). The van der Waals surface area contributed by atoms with E-state index in [2.05, 4.69) is 29.1 Å². The molecule has 0 aromatic heterocycles. The summed E-state index contributed by atoms with van der Waals surface area (Å²) in [6, 6.07) is 0.599. The van der Waals surface area contributed by atoms with Crippen LogP contribution in [0.25, 0.3) is 0 Å². The maximum Gasteiger partial charge on any atom is 0.156 e. The highest BCUT2D eigenvalue weighted by Crippen LogP contribution is 2.18. The topological polar surface area (TPSA) is 36.9 Å². The van der Waals surface area contributed by atoms with Gasteiger partial charge in [0.2, 0.25) is 0 Å². The third kappa shape index (κ3) is 4.16. The molecule has 2 saturated heterocycles. The van der Waals surface area contributed by atoms with Crippen LogP contribution < -0.4 is 5.32 Å². The van der Waals surface area contributed by atoms with Crippen molar-refractivity contribution in [3.8, 4) is 0 Å². The van der Waals surface area contributed by atoms with Gasteiger partial charge in [0.15, 0.2) is 5.17 Å². The summed E-state index contributed by atoms with van der Waals surface area (Å²) >= 11 is 1.86. The zero-order chi connectivity index (χ0) is 12.1. The minimum Gasteiger partial charge on any atom is -0.379 e. The number of nitrogens with zero attached hydrogens (tertiary/aromatic N) is 2. The Balaban J connectivity index is 1.67. The van der Waals surface area contributed by atoms with Crippen molar-refractivity contribution >= 4 is 16.9 Å². The van der Waals surface area contributed by atoms with Crippen LogP contribution in [-0.2, 0) is 4.74 Å². The molecule has 1 atom stereocenters. The average Bonchev–Trinajstić information content (AvgIpc) is 2.79. The largest absolute Gasteiger partial charge is 0.379 e. The van der Waals surface area contributed by atoms with Crippen LogP contribution in [0.15, 0.2) is 4.99 Å². The molecule has 0 bridgehead atoms. The van der Waals surface area contributed by atoms with E-state index in [-0.39, 0.29) is 0 Å². The summed E-state index contributed by atoms with van der Waals surface area (Å²) in [5.74, 6) is 1.85. The Morgan fingerprint density at radius 2 is 2.24 bits per heavy atom. The summed E-state index contributed by atoms with van der Waals surface area (Å²) in [6.07, 6.45) is 0. The molecule has 4 nitrogen and oxygen atoms in total. The van der Waals surface area contributed by atoms with E-state index >= 15 is 0 Å². The van der Waals surface area contributed by atoms with Crippen molar-refractivity contribution in [3.05, 3.63) is 0 Å². The molecular weight excluding hydrogens is 234 g/mol. The Morgan fingerprint density at radius 3 is 2.88 bits per heavy atom. The van der Waals surface area contributed by atoms with Crippen molar-refractivity contribution in [2.75, 3.05) is 45.1 Å². The van der Waals surface area contributed by atoms with E-state index in [0.29, 0.717) is 12.0 Å². The first-order chi connectivity index (χ1) is 8.25. The molecule has 2 aliphatic heterocycles. The van der Waals surface area contributed by atoms with Crippen molar-refractivity contribution in [1.82, 2.24) is 10.2 Å². The fourth-order valence-electron chi connectivity index (χ4n) is 1.98. The SMILES string of the molecule is CC(C)C1CSC(=NCCN2CCOCC2)N1. The maximum atomic E-state index is 5.33. The maximum absolute atomic E-state index is 5.33. The summed E-state index contributed by atoms with van der Waals surface area (Å²) in [5, 5.41) is 4.63. The molecule has 98 valence electrons. The molecule has 0 aliphatic carbocycles. The first-order valence-electron chi connectivity index (χ1n) is 6.49. The van der Waals surface area contributed by atoms with Gasteiger partial charge in [0.05, 0.1) is 19.8 Å². The van der Waals surface area contributed by atoms with Gasteiger partial charge in [-0.05, 0) is 5.92 Å². The van der Waals surface area contributed by atoms with Crippen molar-refractivity contribution in [1.29, 1.82) is 0 Å². The van der Waals surface area contributed by atoms with E-state index < -0.39 is 0 Å². The number of amidine groups is 1. The Morgan fingerprint density at radius 1 is 1.47 bits per heavy atom. The monoisotopic (exact) mass is 257 g/mol. The Hall–Kier alpha value is -0.260. The standard InChI is InChI=1S/C12H23N3OS/c1-10(2)11-9-17-12(14-11)13-3-4-15-5-7-16-8-6-15/h10-11H,3-9H2,1-2H3,(H,13,14). The summed E-state index contributed by atoms with van der Waals surface area (Å²) in [4.78, 5) is 7.06. The number of hydrogen-bond donors (Lipinski definition) is 1. The van der Waals surface area contributed by atoms with Crippen LogP contribution in [0.2, 0.25) is 0 Å². The van der Waals surface area contributed by atoms with Crippen LogP contribution in [0, 0.1) is 5.92 Å². The molecule has 0 saturated carbocycles. The van der Waals surface area contributed by atoms with Crippen LogP contribution >= 0.6 is 11.8 Å². The van der Waals surface area contributed by atoms with E-state index in [4.69, 9.17) is 4.74 Å². The minimum absolute atomic E-state index is 0.599. The van der Waals surface area contributed by atoms with Crippen LogP contribution in [0.3, 0.4) is 0 Å². The predicted octanol–water partition coefficient (Wildman–Crippen LogP) is 1.04. The molecule has 0 aromatic rings. The van der Waals surface area contributed by atoms with Gasteiger partial charge < -0.3 is 10.1 Å². The van der Waals surface area contributed by atoms with Gasteiger partial charge in [0.25, 0.3) is 0 Å². The van der Waals surface area contributed by atoms with E-state index in [1.165, 1.54) is 0 Å². The van der Waals surface area contributed by atoms with Gasteiger partial charge in [0, 0.05) is 31.4 Å². The molecule has 1 unspecified atom stereocenters. The molecular formula is C12H23N3OS. The van der Waals surface area contributed by atoms with Gasteiger partial charge in [-0.1, -0.05) is 25.6 Å². The first-order valence-corrected chi connectivity index (χ1v) is 7.48. The van der Waals surface area contributed by atoms with Gasteiger partial charge in [-0.25, -0.2) is 0 Å². The third-order valence-electron chi connectivity index (χ3n) is 3.29. The number of ether oxygens (including phenoxy) is 1. The highest BCUT2D eigenvalue weighted by Gasteiger charge is 2.22. The number of aliphatic imine (C=N–C) groups is 1. The third-order valence-corrected chi connectivity index (χ3v) is 4.33. The molecule has 5 heteroatoms. The highest BCUT2D eigenvalue weighted by atomic mass is 32.2. The summed E-state index contributed by atoms with van der Waals surface area (Å²) in [5.41, 5.74) is 0. The summed E-state index contributed by atoms with van der Waals surface area (Å²) in [7, 11) is 0. The molecule has 2 fully saturated rings. The summed E-state index contributed by atoms with van der Waals surface area (Å²) < 4.78 is 5.33. The second-order valence-electron chi connectivity index (χ2n) is 4.95. The lowest BCUT2D eigenvalue weighted by molar-refractivity contribution is 0.0394. The number of hydrogen-bond acceptors (Lipinski definition) is 4. The molecule has 0 aromatic carbocycles. The first kappa shape index (κ1) is 13.2.